The van der Waals surface area contributed by atoms with Gasteiger partial charge in [0, 0.05) is 4.91 Å². The highest BCUT2D eigenvalue weighted by Gasteiger charge is 2.55. The quantitative estimate of drug-likeness (QED) is 0.203. The van der Waals surface area contributed by atoms with Crippen molar-refractivity contribution in [2.75, 3.05) is 6.61 Å². The van der Waals surface area contributed by atoms with Gasteiger partial charge in [-0.1, -0.05) is 65.8 Å². The molecule has 2 aromatic rings. The van der Waals surface area contributed by atoms with Crippen LogP contribution in [0, 0.1) is 0 Å². The second-order valence-corrected chi connectivity index (χ2v) is 9.76. The number of phosphoric ester groups is 1. The summed E-state index contributed by atoms with van der Waals surface area (Å²) in [6.07, 6.45) is -2.74. The first-order valence-electron chi connectivity index (χ1n) is 10.5. The number of benzene rings is 2. The molecule has 0 radical (unpaired) electrons. The average molecular weight is 475 g/mol. The van der Waals surface area contributed by atoms with E-state index in [4.69, 9.17) is 33.3 Å². The highest BCUT2D eigenvalue weighted by Crippen LogP contribution is 2.52. The predicted octanol–water partition coefficient (Wildman–Crippen LogP) is 5.10. The molecule has 0 N–H and O–H groups in total. The molecule has 2 heterocycles. The van der Waals surface area contributed by atoms with Crippen LogP contribution in [-0.4, -0.2) is 36.9 Å². The lowest BCUT2D eigenvalue weighted by molar-refractivity contribution is -0.189. The number of azide groups is 1. The highest BCUT2D eigenvalue weighted by molar-refractivity contribution is 7.48. The average Bonchev–Trinajstić information content (AvgIpc) is 3.30. The number of fused-ring (bicyclic) bond motifs is 1. The Morgan fingerprint density at radius 1 is 0.939 bits per heavy atom. The molecule has 10 nitrogen and oxygen atoms in total. The van der Waals surface area contributed by atoms with Crippen LogP contribution in [0.5, 0.6) is 0 Å². The lowest BCUT2D eigenvalue weighted by Gasteiger charge is -2.24. The van der Waals surface area contributed by atoms with Gasteiger partial charge in [-0.3, -0.25) is 13.6 Å². The van der Waals surface area contributed by atoms with E-state index in [1.807, 2.05) is 60.7 Å². The van der Waals surface area contributed by atoms with Gasteiger partial charge in [-0.15, -0.1) is 0 Å². The number of hydrogen-bond acceptors (Lipinski definition) is 8. The molecule has 2 fully saturated rings. The van der Waals surface area contributed by atoms with Crippen molar-refractivity contribution in [2.24, 2.45) is 5.11 Å². The Morgan fingerprint density at radius 3 is 2.03 bits per heavy atom. The van der Waals surface area contributed by atoms with Gasteiger partial charge < -0.3 is 14.2 Å². The Bertz CT molecular complexity index is 970. The molecule has 2 aliphatic rings. The fraction of sp³-hybridized carbons (Fsp3) is 0.455. The first-order valence-corrected chi connectivity index (χ1v) is 12.0. The van der Waals surface area contributed by atoms with E-state index in [9.17, 15) is 4.57 Å². The molecule has 0 bridgehead atoms. The zero-order chi connectivity index (χ0) is 23.3. The first-order chi connectivity index (χ1) is 15.9. The van der Waals surface area contributed by atoms with Gasteiger partial charge in [-0.05, 0) is 30.5 Å². The minimum absolute atomic E-state index is 0.0402. The maximum Gasteiger partial charge on any atom is 0.475 e. The van der Waals surface area contributed by atoms with Crippen LogP contribution in [0.2, 0.25) is 0 Å². The molecule has 0 saturated carbocycles. The van der Waals surface area contributed by atoms with E-state index in [1.165, 1.54) is 0 Å². The Hall–Kier alpha value is -2.26. The number of nitrogens with zero attached hydrogens (tertiary/aromatic N) is 3. The summed E-state index contributed by atoms with van der Waals surface area (Å²) in [5.41, 5.74) is 10.5. The summed E-state index contributed by atoms with van der Waals surface area (Å²) in [7, 11) is -3.99. The maximum atomic E-state index is 13.5. The minimum atomic E-state index is -3.99. The van der Waals surface area contributed by atoms with Crippen molar-refractivity contribution in [1.82, 2.24) is 0 Å². The smallest absolute Gasteiger partial charge is 0.361 e. The van der Waals surface area contributed by atoms with Gasteiger partial charge >= 0.3 is 7.82 Å². The molecule has 2 aromatic carbocycles. The van der Waals surface area contributed by atoms with Crippen LogP contribution < -0.4 is 0 Å². The van der Waals surface area contributed by atoms with Crippen molar-refractivity contribution >= 4 is 7.82 Å². The molecule has 11 heteroatoms. The molecule has 4 rings (SSSR count). The minimum Gasteiger partial charge on any atom is -0.361 e. The highest BCUT2D eigenvalue weighted by atomic mass is 31.2. The van der Waals surface area contributed by atoms with Crippen molar-refractivity contribution in [3.8, 4) is 0 Å². The Labute approximate surface area is 191 Å². The number of ether oxygens (including phenoxy) is 3. The molecule has 0 amide bonds. The standard InChI is InChI=1S/C22H26N3O7P/c1-22(2)31-19-18(30-21(24-25-23)20(19)32-22)15-29-33(26,27-13-16-9-5-3-6-10-16)28-14-17-11-7-4-8-12-17/h3-12,18-21H,13-15H2,1-2H3/t18-,19-,20-,21-/m1/s1. The number of phosphoric acid groups is 1. The van der Waals surface area contributed by atoms with E-state index in [2.05, 4.69) is 10.0 Å². The zero-order valence-corrected chi connectivity index (χ0v) is 19.2. The summed E-state index contributed by atoms with van der Waals surface area (Å²) < 4.78 is 47.9. The summed E-state index contributed by atoms with van der Waals surface area (Å²) in [6, 6.07) is 18.6. The van der Waals surface area contributed by atoms with Crippen LogP contribution in [-0.2, 0) is 45.6 Å². The lowest BCUT2D eigenvalue weighted by Crippen LogP contribution is -2.32. The summed E-state index contributed by atoms with van der Waals surface area (Å²) in [6.45, 7) is 3.43. The van der Waals surface area contributed by atoms with Crippen molar-refractivity contribution < 1.29 is 32.3 Å². The predicted molar refractivity (Wildman–Crippen MR) is 118 cm³/mol. The molecular formula is C22H26N3O7P. The van der Waals surface area contributed by atoms with Gasteiger partial charge in [0.05, 0.1) is 19.8 Å². The van der Waals surface area contributed by atoms with Crippen LogP contribution >= 0.6 is 7.82 Å². The Morgan fingerprint density at radius 2 is 1.48 bits per heavy atom. The van der Waals surface area contributed by atoms with Crippen LogP contribution in [0.15, 0.2) is 65.8 Å². The van der Waals surface area contributed by atoms with Crippen molar-refractivity contribution in [2.45, 2.75) is 57.4 Å². The van der Waals surface area contributed by atoms with E-state index >= 15 is 0 Å². The van der Waals surface area contributed by atoms with E-state index in [-0.39, 0.29) is 19.8 Å². The van der Waals surface area contributed by atoms with Gasteiger partial charge in [0.15, 0.2) is 12.0 Å². The summed E-state index contributed by atoms with van der Waals surface area (Å²) in [4.78, 5) is 2.81. The fourth-order valence-electron chi connectivity index (χ4n) is 3.67. The largest absolute Gasteiger partial charge is 0.475 e. The maximum absolute atomic E-state index is 13.5. The van der Waals surface area contributed by atoms with E-state index in [1.54, 1.807) is 13.8 Å². The molecule has 2 saturated heterocycles. The normalized spacial score (nSPS) is 26.0. The van der Waals surface area contributed by atoms with Gasteiger partial charge in [0.2, 0.25) is 0 Å². The Balaban J connectivity index is 1.44. The van der Waals surface area contributed by atoms with Gasteiger partial charge in [-0.25, -0.2) is 4.57 Å². The summed E-state index contributed by atoms with van der Waals surface area (Å²) in [5.74, 6) is -0.877. The molecular weight excluding hydrogens is 449 g/mol. The fourth-order valence-corrected chi connectivity index (χ4v) is 4.84. The second kappa shape index (κ2) is 10.3. The third-order valence-corrected chi connectivity index (χ3v) is 6.51. The molecule has 0 unspecified atom stereocenters. The monoisotopic (exact) mass is 475 g/mol. The lowest BCUT2D eigenvalue weighted by atomic mass is 10.1. The van der Waals surface area contributed by atoms with Crippen LogP contribution in [0.1, 0.15) is 25.0 Å². The molecule has 4 atom stereocenters. The van der Waals surface area contributed by atoms with E-state index < -0.39 is 38.1 Å². The molecule has 0 aromatic heterocycles. The topological polar surface area (TPSA) is 121 Å². The summed E-state index contributed by atoms with van der Waals surface area (Å²) >= 11 is 0. The van der Waals surface area contributed by atoms with Crippen molar-refractivity contribution in [3.63, 3.8) is 0 Å². The van der Waals surface area contributed by atoms with Crippen molar-refractivity contribution in [1.29, 1.82) is 0 Å². The third-order valence-electron chi connectivity index (χ3n) is 5.15. The van der Waals surface area contributed by atoms with Gasteiger partial charge in [-0.2, -0.15) is 0 Å². The molecule has 0 aliphatic carbocycles. The van der Waals surface area contributed by atoms with E-state index in [0.717, 1.165) is 11.1 Å². The first kappa shape index (κ1) is 23.9. The summed E-state index contributed by atoms with van der Waals surface area (Å²) in [5, 5.41) is 3.64. The number of rotatable bonds is 10. The molecule has 2 aliphatic heterocycles. The van der Waals surface area contributed by atoms with Gasteiger partial charge in [0.25, 0.3) is 0 Å². The molecule has 33 heavy (non-hydrogen) atoms. The molecule has 0 spiro atoms. The van der Waals surface area contributed by atoms with Crippen LogP contribution in [0.4, 0.5) is 0 Å². The van der Waals surface area contributed by atoms with E-state index in [0.29, 0.717) is 0 Å². The SMILES string of the molecule is CC1(C)O[C@@H]2[C@H](O1)[C@@H](COP(=O)(OCc1ccccc1)OCc1ccccc1)O[C@H]2N=[N+]=[N-]. The van der Waals surface area contributed by atoms with Crippen molar-refractivity contribution in [3.05, 3.63) is 82.2 Å². The Kier molecular flexibility index (Phi) is 7.48. The number of hydrogen-bond donors (Lipinski definition) is 0. The molecule has 176 valence electrons. The van der Waals surface area contributed by atoms with Crippen LogP contribution in [0.3, 0.4) is 0 Å². The third kappa shape index (κ3) is 6.20. The second-order valence-electron chi connectivity index (χ2n) is 8.10. The zero-order valence-electron chi connectivity index (χ0n) is 18.4. The van der Waals surface area contributed by atoms with Crippen LogP contribution in [0.25, 0.3) is 10.4 Å². The van der Waals surface area contributed by atoms with Gasteiger partial charge in [0.1, 0.15) is 18.3 Å².